The molecule has 0 aromatic carbocycles. The third-order valence-electron chi connectivity index (χ3n) is 4.16. The summed E-state index contributed by atoms with van der Waals surface area (Å²) < 4.78 is 1.95. The van der Waals surface area contributed by atoms with Crippen LogP contribution in [0.1, 0.15) is 5.56 Å². The van der Waals surface area contributed by atoms with Gasteiger partial charge >= 0.3 is 0 Å². The van der Waals surface area contributed by atoms with E-state index in [1.165, 1.54) is 5.56 Å². The number of anilines is 2. The molecule has 0 unspecified atom stereocenters. The van der Waals surface area contributed by atoms with Gasteiger partial charge in [-0.15, -0.1) is 0 Å². The van der Waals surface area contributed by atoms with Crippen molar-refractivity contribution < 1.29 is 0 Å². The van der Waals surface area contributed by atoms with Crippen molar-refractivity contribution in [2.24, 2.45) is 0 Å². The fraction of sp³-hybridized carbons (Fsp3) is 0.294. The first kappa shape index (κ1) is 14.6. The molecule has 0 spiro atoms. The Bertz CT molecular complexity index is 773. The normalized spacial score (nSPS) is 14.3. The monoisotopic (exact) mass is 321 g/mol. The third-order valence-corrected chi connectivity index (χ3v) is 4.16. The SMILES string of the molecule is c1cnc(N2CCN(CCn3cccn3)c3ncccc3C2)nc1. The van der Waals surface area contributed by atoms with Crippen LogP contribution in [-0.2, 0) is 13.1 Å². The van der Waals surface area contributed by atoms with E-state index in [1.807, 2.05) is 41.5 Å². The van der Waals surface area contributed by atoms with Crippen molar-refractivity contribution in [3.63, 3.8) is 0 Å². The molecular formula is C17H19N7. The van der Waals surface area contributed by atoms with E-state index in [0.29, 0.717) is 0 Å². The average Bonchev–Trinajstić information content (AvgIpc) is 3.08. The van der Waals surface area contributed by atoms with Crippen LogP contribution in [0.2, 0.25) is 0 Å². The van der Waals surface area contributed by atoms with Gasteiger partial charge in [0.2, 0.25) is 5.95 Å². The van der Waals surface area contributed by atoms with Crippen LogP contribution >= 0.6 is 0 Å². The van der Waals surface area contributed by atoms with Crippen molar-refractivity contribution in [3.05, 3.63) is 60.8 Å². The first-order chi connectivity index (χ1) is 11.9. The number of fused-ring (bicyclic) bond motifs is 1. The standard InChI is InChI=1S/C17H19N7/c1-4-15-14-23(17-19-6-2-7-20-17)11-10-22(16(15)18-5-1)12-13-24-9-3-8-21-24/h1-9H,10-14H2. The summed E-state index contributed by atoms with van der Waals surface area (Å²) in [6, 6.07) is 7.90. The fourth-order valence-corrected chi connectivity index (χ4v) is 2.97. The highest BCUT2D eigenvalue weighted by atomic mass is 15.3. The van der Waals surface area contributed by atoms with E-state index in [4.69, 9.17) is 0 Å². The topological polar surface area (TPSA) is 63.0 Å². The van der Waals surface area contributed by atoms with E-state index in [-0.39, 0.29) is 0 Å². The summed E-state index contributed by atoms with van der Waals surface area (Å²) in [5.41, 5.74) is 1.20. The zero-order chi connectivity index (χ0) is 16.2. The zero-order valence-corrected chi connectivity index (χ0v) is 13.4. The van der Waals surface area contributed by atoms with Gasteiger partial charge in [0.15, 0.2) is 0 Å². The lowest BCUT2D eigenvalue weighted by atomic mass is 10.2. The first-order valence-electron chi connectivity index (χ1n) is 8.08. The van der Waals surface area contributed by atoms with E-state index in [0.717, 1.165) is 44.5 Å². The maximum absolute atomic E-state index is 4.62. The van der Waals surface area contributed by atoms with Crippen LogP contribution in [0.4, 0.5) is 11.8 Å². The second-order valence-corrected chi connectivity index (χ2v) is 5.71. The number of nitrogens with zero attached hydrogens (tertiary/aromatic N) is 7. The molecule has 4 rings (SSSR count). The predicted octanol–water partition coefficient (Wildman–Crippen LogP) is 1.59. The molecule has 7 heteroatoms. The molecular weight excluding hydrogens is 302 g/mol. The summed E-state index contributed by atoms with van der Waals surface area (Å²) >= 11 is 0. The van der Waals surface area contributed by atoms with Crippen LogP contribution < -0.4 is 9.80 Å². The number of rotatable bonds is 4. The lowest BCUT2D eigenvalue weighted by Gasteiger charge is -2.23. The highest BCUT2D eigenvalue weighted by molar-refractivity contribution is 5.51. The molecule has 24 heavy (non-hydrogen) atoms. The van der Waals surface area contributed by atoms with Crippen molar-refractivity contribution in [1.82, 2.24) is 24.7 Å². The van der Waals surface area contributed by atoms with Crippen LogP contribution in [0.3, 0.4) is 0 Å². The fourth-order valence-electron chi connectivity index (χ4n) is 2.97. The van der Waals surface area contributed by atoms with Gasteiger partial charge in [-0.05, 0) is 18.2 Å². The Hall–Kier alpha value is -2.96. The second kappa shape index (κ2) is 6.66. The molecule has 122 valence electrons. The molecule has 0 N–H and O–H groups in total. The summed E-state index contributed by atoms with van der Waals surface area (Å²) in [6.45, 7) is 4.22. The van der Waals surface area contributed by atoms with Gasteiger partial charge in [0.05, 0.1) is 6.54 Å². The number of hydrogen-bond donors (Lipinski definition) is 0. The van der Waals surface area contributed by atoms with Crippen molar-refractivity contribution in [3.8, 4) is 0 Å². The predicted molar refractivity (Wildman–Crippen MR) is 91.8 cm³/mol. The van der Waals surface area contributed by atoms with Gasteiger partial charge in [-0.25, -0.2) is 15.0 Å². The van der Waals surface area contributed by atoms with Crippen LogP contribution in [0.5, 0.6) is 0 Å². The molecule has 0 saturated carbocycles. The molecule has 1 aliphatic rings. The second-order valence-electron chi connectivity index (χ2n) is 5.71. The van der Waals surface area contributed by atoms with Crippen molar-refractivity contribution in [2.75, 3.05) is 29.4 Å². The van der Waals surface area contributed by atoms with E-state index in [1.54, 1.807) is 12.4 Å². The molecule has 1 aliphatic heterocycles. The Labute approximate surface area is 140 Å². The Balaban J connectivity index is 1.56. The van der Waals surface area contributed by atoms with E-state index < -0.39 is 0 Å². The van der Waals surface area contributed by atoms with E-state index >= 15 is 0 Å². The molecule has 4 heterocycles. The lowest BCUT2D eigenvalue weighted by molar-refractivity contribution is 0.593. The molecule has 0 aliphatic carbocycles. The summed E-state index contributed by atoms with van der Waals surface area (Å²) in [5.74, 6) is 1.81. The maximum atomic E-state index is 4.62. The molecule has 3 aromatic rings. The summed E-state index contributed by atoms with van der Waals surface area (Å²) in [7, 11) is 0. The molecule has 0 atom stereocenters. The molecule has 0 amide bonds. The lowest BCUT2D eigenvalue weighted by Crippen LogP contribution is -2.34. The van der Waals surface area contributed by atoms with Crippen LogP contribution in [-0.4, -0.2) is 44.4 Å². The van der Waals surface area contributed by atoms with Crippen molar-refractivity contribution in [2.45, 2.75) is 13.1 Å². The van der Waals surface area contributed by atoms with Crippen molar-refractivity contribution in [1.29, 1.82) is 0 Å². The molecule has 0 saturated heterocycles. The minimum absolute atomic E-state index is 0.765. The molecule has 7 nitrogen and oxygen atoms in total. The number of hydrogen-bond acceptors (Lipinski definition) is 6. The van der Waals surface area contributed by atoms with Gasteiger partial charge in [-0.2, -0.15) is 5.10 Å². The van der Waals surface area contributed by atoms with E-state index in [2.05, 4.69) is 35.9 Å². The smallest absolute Gasteiger partial charge is 0.225 e. The average molecular weight is 321 g/mol. The van der Waals surface area contributed by atoms with Gasteiger partial charge in [-0.3, -0.25) is 4.68 Å². The first-order valence-corrected chi connectivity index (χ1v) is 8.08. The number of aromatic nitrogens is 5. The van der Waals surface area contributed by atoms with Crippen LogP contribution in [0.15, 0.2) is 55.2 Å². The Morgan fingerprint density at radius 2 is 1.75 bits per heavy atom. The van der Waals surface area contributed by atoms with Crippen LogP contribution in [0, 0.1) is 0 Å². The summed E-state index contributed by atoms with van der Waals surface area (Å²) in [5, 5.41) is 4.28. The third kappa shape index (κ3) is 3.05. The summed E-state index contributed by atoms with van der Waals surface area (Å²) in [4.78, 5) is 17.9. The quantitative estimate of drug-likeness (QED) is 0.727. The van der Waals surface area contributed by atoms with Gasteiger partial charge in [-0.1, -0.05) is 6.07 Å². The van der Waals surface area contributed by atoms with Crippen molar-refractivity contribution >= 4 is 11.8 Å². The number of pyridine rings is 1. The molecule has 3 aromatic heterocycles. The van der Waals surface area contributed by atoms with Crippen LogP contribution in [0.25, 0.3) is 0 Å². The molecule has 0 bridgehead atoms. The highest BCUT2D eigenvalue weighted by Crippen LogP contribution is 2.24. The highest BCUT2D eigenvalue weighted by Gasteiger charge is 2.21. The summed E-state index contributed by atoms with van der Waals surface area (Å²) in [6.07, 6.45) is 9.22. The van der Waals surface area contributed by atoms with Gasteiger partial charge in [0.1, 0.15) is 5.82 Å². The Morgan fingerprint density at radius 3 is 2.58 bits per heavy atom. The Morgan fingerprint density at radius 1 is 0.875 bits per heavy atom. The van der Waals surface area contributed by atoms with Gasteiger partial charge < -0.3 is 9.80 Å². The molecule has 0 fully saturated rings. The van der Waals surface area contributed by atoms with Gasteiger partial charge in [0.25, 0.3) is 0 Å². The largest absolute Gasteiger partial charge is 0.353 e. The molecule has 0 radical (unpaired) electrons. The van der Waals surface area contributed by atoms with E-state index in [9.17, 15) is 0 Å². The minimum atomic E-state index is 0.765. The maximum Gasteiger partial charge on any atom is 0.225 e. The zero-order valence-electron chi connectivity index (χ0n) is 13.4. The Kier molecular flexibility index (Phi) is 4.05. The minimum Gasteiger partial charge on any atom is -0.353 e. The van der Waals surface area contributed by atoms with Gasteiger partial charge in [0, 0.05) is 62.7 Å².